The van der Waals surface area contributed by atoms with Crippen LogP contribution in [0, 0.1) is 5.92 Å². The summed E-state index contributed by atoms with van der Waals surface area (Å²) in [4.78, 5) is 13.3. The van der Waals surface area contributed by atoms with Crippen molar-refractivity contribution >= 4 is 5.97 Å². The average molecular weight is 263 g/mol. The van der Waals surface area contributed by atoms with Crippen LogP contribution in [0.2, 0.25) is 0 Å². The van der Waals surface area contributed by atoms with Crippen LogP contribution in [0.15, 0.2) is 24.3 Å². The van der Waals surface area contributed by atoms with Crippen LogP contribution in [0.1, 0.15) is 24.5 Å². The molecule has 0 aromatic heterocycles. The molecule has 1 aromatic carbocycles. The highest BCUT2D eigenvalue weighted by molar-refractivity contribution is 5.74. The molecule has 1 fully saturated rings. The fourth-order valence-electron chi connectivity index (χ4n) is 2.75. The van der Waals surface area contributed by atoms with Gasteiger partial charge in [-0.1, -0.05) is 31.2 Å². The first-order valence-corrected chi connectivity index (χ1v) is 6.65. The highest BCUT2D eigenvalue weighted by Gasteiger charge is 2.36. The van der Waals surface area contributed by atoms with E-state index in [9.17, 15) is 9.90 Å². The molecule has 1 N–H and O–H groups in total. The van der Waals surface area contributed by atoms with E-state index in [0.29, 0.717) is 13.2 Å². The van der Waals surface area contributed by atoms with Gasteiger partial charge >= 0.3 is 5.97 Å². The monoisotopic (exact) mass is 263 g/mol. The number of benzene rings is 1. The molecule has 1 heterocycles. The third kappa shape index (κ3) is 3.33. The van der Waals surface area contributed by atoms with Gasteiger partial charge in [-0.25, -0.2) is 0 Å². The number of carbonyl (C=O) groups is 1. The van der Waals surface area contributed by atoms with E-state index in [2.05, 4.69) is 17.0 Å². The fourth-order valence-corrected chi connectivity index (χ4v) is 2.75. The predicted molar refractivity (Wildman–Crippen MR) is 72.8 cm³/mol. The van der Waals surface area contributed by atoms with E-state index in [1.54, 1.807) is 7.11 Å². The summed E-state index contributed by atoms with van der Waals surface area (Å²) in [6, 6.07) is 7.83. The molecule has 0 radical (unpaired) electrons. The summed E-state index contributed by atoms with van der Waals surface area (Å²) in [5.41, 5.74) is 2.29. The van der Waals surface area contributed by atoms with Crippen molar-refractivity contribution in [1.82, 2.24) is 4.90 Å². The largest absolute Gasteiger partial charge is 0.480 e. The van der Waals surface area contributed by atoms with Crippen LogP contribution in [-0.4, -0.2) is 35.7 Å². The maximum atomic E-state index is 11.3. The molecule has 4 nitrogen and oxygen atoms in total. The van der Waals surface area contributed by atoms with Gasteiger partial charge in [0.25, 0.3) is 0 Å². The zero-order chi connectivity index (χ0) is 13.8. The summed E-state index contributed by atoms with van der Waals surface area (Å²) in [7, 11) is 1.68. The van der Waals surface area contributed by atoms with Crippen LogP contribution in [0.4, 0.5) is 0 Å². The van der Waals surface area contributed by atoms with E-state index in [4.69, 9.17) is 4.74 Å². The first-order valence-electron chi connectivity index (χ1n) is 6.65. The summed E-state index contributed by atoms with van der Waals surface area (Å²) < 4.78 is 5.08. The molecule has 4 heteroatoms. The van der Waals surface area contributed by atoms with E-state index in [0.717, 1.165) is 24.1 Å². The lowest BCUT2D eigenvalue weighted by atomic mass is 10.0. The van der Waals surface area contributed by atoms with Gasteiger partial charge in [0, 0.05) is 13.7 Å². The van der Waals surface area contributed by atoms with Crippen molar-refractivity contribution in [2.45, 2.75) is 32.5 Å². The summed E-state index contributed by atoms with van der Waals surface area (Å²) >= 11 is 0. The van der Waals surface area contributed by atoms with E-state index in [-0.39, 0.29) is 12.0 Å². The molecule has 2 rings (SSSR count). The number of nitrogens with zero attached hydrogens (tertiary/aromatic N) is 1. The van der Waals surface area contributed by atoms with Crippen molar-refractivity contribution in [1.29, 1.82) is 0 Å². The number of hydrogen-bond acceptors (Lipinski definition) is 3. The molecule has 0 saturated carbocycles. The quantitative estimate of drug-likeness (QED) is 0.884. The van der Waals surface area contributed by atoms with Gasteiger partial charge in [-0.3, -0.25) is 9.69 Å². The van der Waals surface area contributed by atoms with Crippen LogP contribution in [-0.2, 0) is 22.7 Å². The van der Waals surface area contributed by atoms with Crippen molar-refractivity contribution in [2.75, 3.05) is 13.7 Å². The molecule has 0 amide bonds. The minimum absolute atomic E-state index is 0.227. The Kier molecular flexibility index (Phi) is 4.56. The van der Waals surface area contributed by atoms with E-state index < -0.39 is 5.97 Å². The van der Waals surface area contributed by atoms with Gasteiger partial charge in [0.15, 0.2) is 0 Å². The number of carboxylic acid groups (broad SMARTS) is 1. The SMILES string of the molecule is COCc1ccc(CN2CCC(C)C2C(=O)O)cc1. The second-order valence-corrected chi connectivity index (χ2v) is 5.27. The molecule has 1 saturated heterocycles. The van der Waals surface area contributed by atoms with Crippen molar-refractivity contribution in [2.24, 2.45) is 5.92 Å². The van der Waals surface area contributed by atoms with E-state index >= 15 is 0 Å². The molecule has 1 aliphatic heterocycles. The standard InChI is InChI=1S/C15H21NO3/c1-11-7-8-16(14(11)15(17)18)9-12-3-5-13(6-4-12)10-19-2/h3-6,11,14H,7-10H2,1-2H3,(H,17,18). The maximum absolute atomic E-state index is 11.3. The highest BCUT2D eigenvalue weighted by atomic mass is 16.5. The first kappa shape index (κ1) is 14.0. The Morgan fingerprint density at radius 2 is 2.00 bits per heavy atom. The molecule has 0 aliphatic carbocycles. The molecule has 104 valence electrons. The van der Waals surface area contributed by atoms with Gasteiger partial charge in [0.2, 0.25) is 0 Å². The molecule has 1 aliphatic rings. The zero-order valence-corrected chi connectivity index (χ0v) is 11.5. The zero-order valence-electron chi connectivity index (χ0n) is 11.5. The second-order valence-electron chi connectivity index (χ2n) is 5.27. The number of methoxy groups -OCH3 is 1. The Balaban J connectivity index is 2.02. The normalized spacial score (nSPS) is 23.7. The summed E-state index contributed by atoms with van der Waals surface area (Å²) in [6.07, 6.45) is 0.957. The maximum Gasteiger partial charge on any atom is 0.321 e. The Labute approximate surface area is 114 Å². The number of carboxylic acids is 1. The number of likely N-dealkylation sites (tertiary alicyclic amines) is 1. The van der Waals surface area contributed by atoms with Gasteiger partial charge in [-0.15, -0.1) is 0 Å². The average Bonchev–Trinajstić information content (AvgIpc) is 2.73. The Bertz CT molecular complexity index is 430. The summed E-state index contributed by atoms with van der Waals surface area (Å²) in [5, 5.41) is 9.29. The third-order valence-electron chi connectivity index (χ3n) is 3.78. The Morgan fingerprint density at radius 3 is 2.58 bits per heavy atom. The van der Waals surface area contributed by atoms with Gasteiger partial charge in [0.1, 0.15) is 6.04 Å². The molecule has 1 aromatic rings. The van der Waals surface area contributed by atoms with Crippen molar-refractivity contribution in [3.05, 3.63) is 35.4 Å². The molecule has 0 spiro atoms. The van der Waals surface area contributed by atoms with Gasteiger partial charge in [-0.05, 0) is 30.0 Å². The minimum Gasteiger partial charge on any atom is -0.480 e. The third-order valence-corrected chi connectivity index (χ3v) is 3.78. The molecule has 2 atom stereocenters. The summed E-state index contributed by atoms with van der Waals surface area (Å²) in [5.74, 6) is -0.480. The van der Waals surface area contributed by atoms with Crippen LogP contribution in [0.25, 0.3) is 0 Å². The van der Waals surface area contributed by atoms with Gasteiger partial charge in [0.05, 0.1) is 6.61 Å². The number of aliphatic carboxylic acids is 1. The number of hydrogen-bond donors (Lipinski definition) is 1. The smallest absolute Gasteiger partial charge is 0.321 e. The molecular formula is C15H21NO3. The van der Waals surface area contributed by atoms with E-state index in [1.165, 1.54) is 0 Å². The lowest BCUT2D eigenvalue weighted by Crippen LogP contribution is -2.38. The Morgan fingerprint density at radius 1 is 1.37 bits per heavy atom. The predicted octanol–water partition coefficient (Wildman–Crippen LogP) is 2.13. The van der Waals surface area contributed by atoms with Crippen LogP contribution < -0.4 is 0 Å². The van der Waals surface area contributed by atoms with Crippen molar-refractivity contribution < 1.29 is 14.6 Å². The molecular weight excluding hydrogens is 242 g/mol. The molecule has 0 bridgehead atoms. The number of rotatable bonds is 5. The molecule has 19 heavy (non-hydrogen) atoms. The van der Waals surface area contributed by atoms with Gasteiger partial charge in [-0.2, -0.15) is 0 Å². The van der Waals surface area contributed by atoms with Gasteiger partial charge < -0.3 is 9.84 Å². The van der Waals surface area contributed by atoms with Crippen LogP contribution >= 0.6 is 0 Å². The first-order chi connectivity index (χ1) is 9.11. The van der Waals surface area contributed by atoms with Crippen LogP contribution in [0.5, 0.6) is 0 Å². The van der Waals surface area contributed by atoms with E-state index in [1.807, 2.05) is 19.1 Å². The minimum atomic E-state index is -0.707. The lowest BCUT2D eigenvalue weighted by molar-refractivity contribution is -0.143. The lowest BCUT2D eigenvalue weighted by Gasteiger charge is -2.23. The fraction of sp³-hybridized carbons (Fsp3) is 0.533. The van der Waals surface area contributed by atoms with Crippen molar-refractivity contribution in [3.63, 3.8) is 0 Å². The van der Waals surface area contributed by atoms with Crippen LogP contribution in [0.3, 0.4) is 0 Å². The topological polar surface area (TPSA) is 49.8 Å². The highest BCUT2D eigenvalue weighted by Crippen LogP contribution is 2.25. The van der Waals surface area contributed by atoms with Crippen molar-refractivity contribution in [3.8, 4) is 0 Å². The Hall–Kier alpha value is -1.39. The molecule has 2 unspecified atom stereocenters. The number of ether oxygens (including phenoxy) is 1. The summed E-state index contributed by atoms with van der Waals surface area (Å²) in [6.45, 7) is 4.19. The second kappa shape index (κ2) is 6.17.